The van der Waals surface area contributed by atoms with Gasteiger partial charge in [-0.3, -0.25) is 19.4 Å². The molecule has 1 spiro atoms. The second-order valence-electron chi connectivity index (χ2n) is 19.9. The van der Waals surface area contributed by atoms with Crippen molar-refractivity contribution >= 4 is 34.6 Å². The van der Waals surface area contributed by atoms with Gasteiger partial charge in [0.05, 0.1) is 33.9 Å². The number of esters is 2. The Morgan fingerprint density at radius 3 is 2.49 bits per heavy atom. The van der Waals surface area contributed by atoms with Crippen LogP contribution in [-0.2, 0) is 47.7 Å². The van der Waals surface area contributed by atoms with Gasteiger partial charge in [0.15, 0.2) is 0 Å². The summed E-state index contributed by atoms with van der Waals surface area (Å²) in [6.45, 7) is 9.29. The zero-order valence-electron chi connectivity index (χ0n) is 40.4. The van der Waals surface area contributed by atoms with E-state index in [-0.39, 0.29) is 31.1 Å². The summed E-state index contributed by atoms with van der Waals surface area (Å²) in [6.07, 6.45) is 8.12. The molecular formula is C54H65N5O9. The predicted molar refractivity (Wildman–Crippen MR) is 258 cm³/mol. The van der Waals surface area contributed by atoms with Gasteiger partial charge in [0, 0.05) is 90.9 Å². The smallest absolute Gasteiger partial charge is 0.407 e. The molecule has 3 N–H and O–H groups in total. The number of hydrogen-bond acceptors (Lipinski definition) is 12. The molecule has 1 aromatic heterocycles. The Labute approximate surface area is 398 Å². The van der Waals surface area contributed by atoms with Crippen molar-refractivity contribution < 1.29 is 43.2 Å². The number of anilines is 1. The van der Waals surface area contributed by atoms with E-state index in [2.05, 4.69) is 81.3 Å². The zero-order chi connectivity index (χ0) is 47.8. The van der Waals surface area contributed by atoms with Crippen LogP contribution in [0.2, 0.25) is 0 Å². The van der Waals surface area contributed by atoms with Crippen LogP contribution < -0.4 is 19.7 Å². The normalized spacial score (nSPS) is 31.2. The summed E-state index contributed by atoms with van der Waals surface area (Å²) in [5.74, 6) is 0.315. The summed E-state index contributed by atoms with van der Waals surface area (Å²) in [7, 11) is 6.69. The number of nitrogens with zero attached hydrogens (tertiary/aromatic N) is 3. The minimum atomic E-state index is -1.87. The lowest BCUT2D eigenvalue weighted by atomic mass is 9.47. The number of aliphatic hydroxyl groups is 1. The van der Waals surface area contributed by atoms with Crippen molar-refractivity contribution in [2.45, 2.75) is 94.1 Å². The lowest BCUT2D eigenvalue weighted by molar-refractivity contribution is -0.217. The number of nitrogens with one attached hydrogen (secondary N) is 2. The number of methoxy groups -OCH3 is 3. The van der Waals surface area contributed by atoms with Crippen molar-refractivity contribution in [3.05, 3.63) is 112 Å². The molecule has 3 aromatic carbocycles. The molecule has 14 heteroatoms. The number of benzene rings is 3. The van der Waals surface area contributed by atoms with Crippen LogP contribution in [0.5, 0.6) is 11.5 Å². The number of aromatic amines is 1. The van der Waals surface area contributed by atoms with E-state index in [1.54, 1.807) is 26.4 Å². The lowest BCUT2D eigenvalue weighted by Gasteiger charge is -2.64. The number of H-pyrrole nitrogens is 1. The van der Waals surface area contributed by atoms with Gasteiger partial charge in [0.1, 0.15) is 35.2 Å². The van der Waals surface area contributed by atoms with Gasteiger partial charge >= 0.3 is 18.0 Å². The second kappa shape index (κ2) is 17.3. The first kappa shape index (κ1) is 45.9. The van der Waals surface area contributed by atoms with Gasteiger partial charge in [-0.05, 0) is 85.5 Å². The summed E-state index contributed by atoms with van der Waals surface area (Å²) in [5.41, 5.74) is 2.56. The number of likely N-dealkylation sites (N-methyl/N-ethyl adjacent to an activating group) is 1. The summed E-state index contributed by atoms with van der Waals surface area (Å²) in [5, 5.41) is 17.9. The van der Waals surface area contributed by atoms with E-state index in [0.717, 1.165) is 71.5 Å². The van der Waals surface area contributed by atoms with Gasteiger partial charge in [0.25, 0.3) is 0 Å². The Bertz CT molecular complexity index is 2700. The topological polar surface area (TPSA) is 155 Å². The first-order valence-electron chi connectivity index (χ1n) is 24.2. The van der Waals surface area contributed by atoms with E-state index >= 15 is 4.79 Å². The molecule has 1 saturated carbocycles. The molecule has 6 heterocycles. The van der Waals surface area contributed by atoms with Gasteiger partial charge in [-0.1, -0.05) is 68.0 Å². The van der Waals surface area contributed by atoms with Gasteiger partial charge in [-0.15, -0.1) is 0 Å². The highest BCUT2D eigenvalue weighted by Gasteiger charge is 2.78. The van der Waals surface area contributed by atoms with Gasteiger partial charge < -0.3 is 44.0 Å². The van der Waals surface area contributed by atoms with Crippen molar-refractivity contribution in [3.63, 3.8) is 0 Å². The summed E-state index contributed by atoms with van der Waals surface area (Å²) in [4.78, 5) is 53.5. The van der Waals surface area contributed by atoms with E-state index in [1.807, 2.05) is 31.3 Å². The summed E-state index contributed by atoms with van der Waals surface area (Å²) in [6, 6.07) is 18.8. The molecule has 1 unspecified atom stereocenters. The van der Waals surface area contributed by atoms with E-state index in [0.29, 0.717) is 49.4 Å². The third kappa shape index (κ3) is 6.79. The molecule has 6 aliphatic rings. The fraction of sp³-hybridized carbons (Fsp3) is 0.500. The molecule has 1 saturated heterocycles. The molecule has 0 radical (unpaired) electrons. The van der Waals surface area contributed by atoms with Crippen LogP contribution in [0.1, 0.15) is 74.4 Å². The molecule has 5 aliphatic heterocycles. The van der Waals surface area contributed by atoms with E-state index in [4.69, 9.17) is 23.7 Å². The molecular weight excluding hydrogens is 863 g/mol. The van der Waals surface area contributed by atoms with E-state index in [1.165, 1.54) is 19.6 Å². The van der Waals surface area contributed by atoms with Crippen molar-refractivity contribution in [1.29, 1.82) is 0 Å². The monoisotopic (exact) mass is 927 g/mol. The predicted octanol–water partition coefficient (Wildman–Crippen LogP) is 6.56. The Kier molecular flexibility index (Phi) is 11.7. The van der Waals surface area contributed by atoms with Crippen LogP contribution in [0.4, 0.5) is 10.5 Å². The number of amides is 1. The maximum atomic E-state index is 15.5. The maximum Gasteiger partial charge on any atom is 0.407 e. The number of alkyl carbamates (subject to hydrolysis) is 1. The summed E-state index contributed by atoms with van der Waals surface area (Å²) >= 11 is 0. The Morgan fingerprint density at radius 1 is 0.971 bits per heavy atom. The highest BCUT2D eigenvalue weighted by atomic mass is 16.6. The molecule has 360 valence electrons. The minimum absolute atomic E-state index is 0.00392. The molecule has 2 fully saturated rings. The number of para-hydroxylation sites is 1. The number of ether oxygens (including phenoxy) is 5. The molecule has 68 heavy (non-hydrogen) atoms. The van der Waals surface area contributed by atoms with Crippen LogP contribution in [-0.4, -0.2) is 129 Å². The first-order valence-corrected chi connectivity index (χ1v) is 24.2. The van der Waals surface area contributed by atoms with Crippen LogP contribution >= 0.6 is 0 Å². The van der Waals surface area contributed by atoms with E-state index in [9.17, 15) is 14.7 Å². The average Bonchev–Trinajstić information content (AvgIpc) is 4.02. The largest absolute Gasteiger partial charge is 0.497 e. The standard InChI is InChI=1S/C54H65N5O9/c1-8-34-25-36-28-53(49(61)66-7,45-39(19-23-58(29-34)30-36)38-13-10-11-14-42(38)56-45)41-26-40-43(27-44(41)65-6)57(4)47-52(40)21-24-59-22-12-20-51(9-2,46(52)59)48(68-33(3)60)54(47,63)32-55-50(62)67-31-35-15-17-37(64-5)18-16-35/h10-18,20,25-27,36,46-48,56,63H,8-9,19,21-24,28-32H2,1-7H3,(H,55,62)/t36-,46-,47+,48+,51+,52+,53-,54-/m0/s1. The zero-order valence-corrected chi connectivity index (χ0v) is 40.4. The van der Waals surface area contributed by atoms with Crippen LogP contribution in [0.25, 0.3) is 10.9 Å². The van der Waals surface area contributed by atoms with Crippen molar-refractivity contribution in [2.75, 3.05) is 72.5 Å². The van der Waals surface area contributed by atoms with E-state index < -0.39 is 46.1 Å². The fourth-order valence-electron chi connectivity index (χ4n) is 14.1. The van der Waals surface area contributed by atoms with Crippen molar-refractivity contribution in [1.82, 2.24) is 20.1 Å². The Morgan fingerprint density at radius 2 is 1.76 bits per heavy atom. The second-order valence-corrected chi connectivity index (χ2v) is 19.9. The molecule has 9 atom stereocenters. The molecule has 1 amide bonds. The van der Waals surface area contributed by atoms with Gasteiger partial charge in [-0.2, -0.15) is 0 Å². The number of aromatic nitrogens is 1. The Hall–Kier alpha value is -5.83. The van der Waals surface area contributed by atoms with Crippen molar-refractivity contribution in [2.24, 2.45) is 11.3 Å². The number of fused-ring (bicyclic) bond motifs is 6. The van der Waals surface area contributed by atoms with Crippen LogP contribution in [0.15, 0.2) is 84.5 Å². The maximum absolute atomic E-state index is 15.5. The number of carbonyl (C=O) groups excluding carboxylic acids is 3. The highest BCUT2D eigenvalue weighted by Crippen LogP contribution is 2.68. The van der Waals surface area contributed by atoms with Gasteiger partial charge in [0.2, 0.25) is 0 Å². The molecule has 14 nitrogen and oxygen atoms in total. The SMILES string of the molecule is CCC1=C[C@@H]2CN(CCc3c([nH]c4ccccc34)[C@@](C(=O)OC)(c3cc4c(cc3OC)N(C)[C@H]3[C@@](O)(CNC(=O)OCc5ccc(OC)cc5)[C@H](OC(C)=O)[C@]5(CC)C=CCN6CC[C@]43[C@@H]65)C2)C1. The molecule has 4 aromatic rings. The number of carbonyl (C=O) groups is 3. The lowest BCUT2D eigenvalue weighted by Crippen LogP contribution is -2.81. The van der Waals surface area contributed by atoms with Gasteiger partial charge in [-0.25, -0.2) is 4.79 Å². The average molecular weight is 928 g/mol. The van der Waals surface area contributed by atoms with Crippen LogP contribution in [0, 0.1) is 11.3 Å². The third-order valence-electron chi connectivity index (χ3n) is 16.7. The highest BCUT2D eigenvalue weighted by molar-refractivity contribution is 5.94. The Balaban J connectivity index is 1.17. The number of hydrogen-bond donors (Lipinski definition) is 3. The molecule has 2 bridgehead atoms. The fourth-order valence-corrected chi connectivity index (χ4v) is 14.1. The minimum Gasteiger partial charge on any atom is -0.497 e. The van der Waals surface area contributed by atoms with Crippen molar-refractivity contribution in [3.8, 4) is 11.5 Å². The van der Waals surface area contributed by atoms with Crippen LogP contribution in [0.3, 0.4) is 0 Å². The third-order valence-corrected chi connectivity index (χ3v) is 16.7. The summed E-state index contributed by atoms with van der Waals surface area (Å²) < 4.78 is 30.0. The molecule has 1 aliphatic carbocycles. The quantitative estimate of drug-likeness (QED) is 0.0849. The first-order chi connectivity index (χ1) is 32.8. The molecule has 10 rings (SSSR count). The number of rotatable bonds is 11.